The summed E-state index contributed by atoms with van der Waals surface area (Å²) in [5.41, 5.74) is 0.562. The number of carbonyl (C=O) groups excluding carboxylic acids is 1. The fraction of sp³-hybridized carbons (Fsp3) is 0.571. The maximum atomic E-state index is 13.4. The molecule has 37 heavy (non-hydrogen) atoms. The van der Waals surface area contributed by atoms with Gasteiger partial charge in [-0.05, 0) is 76.9 Å². The summed E-state index contributed by atoms with van der Waals surface area (Å²) in [5, 5.41) is 2.62. The molecule has 0 bridgehead atoms. The SMILES string of the molecule is [2H]C([2H])(NC(=O)c1cc(Cl)c2c(c1C)OC(C)(C1CCN(CC3CCC3)CC1)O2)c1c(SC)cc(C)[nH]c1=O. The van der Waals surface area contributed by atoms with Crippen molar-refractivity contribution in [2.75, 3.05) is 25.9 Å². The number of benzene rings is 1. The number of fused-ring (bicyclic) bond motifs is 1. The summed E-state index contributed by atoms with van der Waals surface area (Å²) in [7, 11) is 0. The van der Waals surface area contributed by atoms with Crippen LogP contribution in [0.15, 0.2) is 21.8 Å². The van der Waals surface area contributed by atoms with E-state index in [1.165, 1.54) is 43.6 Å². The van der Waals surface area contributed by atoms with Gasteiger partial charge in [-0.2, -0.15) is 0 Å². The zero-order valence-electron chi connectivity index (χ0n) is 23.8. The molecule has 1 aromatic heterocycles. The molecule has 1 aliphatic carbocycles. The van der Waals surface area contributed by atoms with E-state index in [-0.39, 0.29) is 22.1 Å². The normalized spacial score (nSPS) is 23.4. The molecule has 7 nitrogen and oxygen atoms in total. The Morgan fingerprint density at radius 2 is 1.95 bits per heavy atom. The van der Waals surface area contributed by atoms with Gasteiger partial charge in [0.1, 0.15) is 0 Å². The van der Waals surface area contributed by atoms with Crippen molar-refractivity contribution in [3.05, 3.63) is 49.9 Å². The molecule has 1 amide bonds. The van der Waals surface area contributed by atoms with Gasteiger partial charge in [-0.1, -0.05) is 18.0 Å². The van der Waals surface area contributed by atoms with Gasteiger partial charge < -0.3 is 24.7 Å². The summed E-state index contributed by atoms with van der Waals surface area (Å²) < 4.78 is 29.9. The maximum Gasteiger partial charge on any atom is 0.254 e. The summed E-state index contributed by atoms with van der Waals surface area (Å²) in [6.07, 6.45) is 7.69. The molecule has 1 aromatic carbocycles. The summed E-state index contributed by atoms with van der Waals surface area (Å²) in [4.78, 5) is 31.6. The maximum absolute atomic E-state index is 13.4. The molecule has 2 aliphatic heterocycles. The first-order chi connectivity index (χ1) is 18.4. The number of H-pyrrole nitrogens is 1. The first-order valence-corrected chi connectivity index (χ1v) is 14.6. The van der Waals surface area contributed by atoms with E-state index in [0.29, 0.717) is 27.7 Å². The van der Waals surface area contributed by atoms with E-state index in [1.807, 2.05) is 6.92 Å². The number of hydrogen-bond acceptors (Lipinski definition) is 6. The summed E-state index contributed by atoms with van der Waals surface area (Å²) in [5.74, 6) is 0.233. The van der Waals surface area contributed by atoms with E-state index in [1.54, 1.807) is 26.2 Å². The molecule has 3 heterocycles. The third-order valence-electron chi connectivity index (χ3n) is 8.02. The highest BCUT2D eigenvalue weighted by atomic mass is 35.5. The van der Waals surface area contributed by atoms with E-state index in [4.69, 9.17) is 23.8 Å². The molecule has 1 unspecified atom stereocenters. The molecule has 200 valence electrons. The van der Waals surface area contributed by atoms with E-state index in [0.717, 1.165) is 31.8 Å². The van der Waals surface area contributed by atoms with Crippen LogP contribution in [-0.4, -0.2) is 47.5 Å². The van der Waals surface area contributed by atoms with Crippen LogP contribution in [0.2, 0.25) is 5.02 Å². The molecule has 5 rings (SSSR count). The number of hydrogen-bond donors (Lipinski definition) is 2. The Bertz CT molecular complexity index is 1340. The van der Waals surface area contributed by atoms with Crippen LogP contribution in [0, 0.1) is 25.7 Å². The Hall–Kier alpha value is -2.16. The largest absolute Gasteiger partial charge is 0.448 e. The number of aromatic nitrogens is 1. The Labute approximate surface area is 230 Å². The fourth-order valence-electron chi connectivity index (χ4n) is 5.55. The number of carbonyl (C=O) groups is 1. The second kappa shape index (κ2) is 10.5. The number of pyridine rings is 1. The number of nitrogens with zero attached hydrogens (tertiary/aromatic N) is 1. The second-order valence-corrected chi connectivity index (χ2v) is 11.8. The van der Waals surface area contributed by atoms with Crippen LogP contribution in [0.4, 0.5) is 0 Å². The summed E-state index contributed by atoms with van der Waals surface area (Å²) in [6.45, 7) is 6.16. The molecule has 3 aliphatic rings. The predicted molar refractivity (Wildman–Crippen MR) is 147 cm³/mol. The number of halogens is 1. The molecule has 2 aromatic rings. The third kappa shape index (κ3) is 5.25. The zero-order chi connectivity index (χ0) is 28.1. The topological polar surface area (TPSA) is 83.7 Å². The van der Waals surface area contributed by atoms with Crippen molar-refractivity contribution in [3.63, 3.8) is 0 Å². The lowest BCUT2D eigenvalue weighted by molar-refractivity contribution is -0.125. The highest BCUT2D eigenvalue weighted by Crippen LogP contribution is 2.51. The standard InChI is InChI=1S/C28H36ClN3O4S/c1-16-12-23(37-4)21(27(34)31-16)14-30-26(33)20-13-22(29)25-24(17(20)2)35-28(3,36-25)19-8-10-32(11-9-19)15-18-6-5-7-18/h12-13,18-19H,5-11,14-15H2,1-4H3,(H,30,33)(H,31,34)/i14D2. The Morgan fingerprint density at radius 3 is 2.59 bits per heavy atom. The van der Waals surface area contributed by atoms with Gasteiger partial charge in [-0.15, -0.1) is 11.8 Å². The van der Waals surface area contributed by atoms with Crippen molar-refractivity contribution in [2.24, 2.45) is 11.8 Å². The first-order valence-electron chi connectivity index (χ1n) is 14.0. The Balaban J connectivity index is 1.34. The van der Waals surface area contributed by atoms with Crippen LogP contribution in [-0.2, 0) is 6.50 Å². The van der Waals surface area contributed by atoms with Gasteiger partial charge in [0.15, 0.2) is 11.5 Å². The van der Waals surface area contributed by atoms with Crippen LogP contribution in [0.1, 0.15) is 68.9 Å². The number of likely N-dealkylation sites (tertiary alicyclic amines) is 1. The lowest BCUT2D eigenvalue weighted by Gasteiger charge is -2.40. The number of ether oxygens (including phenoxy) is 2. The van der Waals surface area contributed by atoms with E-state index >= 15 is 0 Å². The molecule has 0 spiro atoms. The number of thioether (sulfide) groups is 1. The summed E-state index contributed by atoms with van der Waals surface area (Å²) in [6, 6.07) is 3.17. The van der Waals surface area contributed by atoms with E-state index < -0.39 is 23.8 Å². The Kier molecular flexibility index (Phi) is 6.81. The fourth-order valence-corrected chi connectivity index (χ4v) is 6.43. The molecule has 9 heteroatoms. The van der Waals surface area contributed by atoms with Gasteiger partial charge in [-0.3, -0.25) is 9.59 Å². The van der Waals surface area contributed by atoms with Crippen molar-refractivity contribution in [2.45, 2.75) is 70.1 Å². The molecule has 1 saturated carbocycles. The average Bonchev–Trinajstić information content (AvgIpc) is 3.22. The van der Waals surface area contributed by atoms with Crippen LogP contribution in [0.3, 0.4) is 0 Å². The van der Waals surface area contributed by atoms with E-state index in [9.17, 15) is 9.59 Å². The minimum atomic E-state index is -2.42. The highest BCUT2D eigenvalue weighted by Gasteiger charge is 2.47. The molecule has 2 N–H and O–H groups in total. The molecule has 1 atom stereocenters. The second-order valence-electron chi connectivity index (χ2n) is 10.6. The minimum absolute atomic E-state index is 0.144. The van der Waals surface area contributed by atoms with Gasteiger partial charge in [0, 0.05) is 53.2 Å². The molecule has 2 fully saturated rings. The highest BCUT2D eigenvalue weighted by molar-refractivity contribution is 7.98. The van der Waals surface area contributed by atoms with Crippen LogP contribution >= 0.6 is 23.4 Å². The first kappa shape index (κ1) is 23.9. The zero-order valence-corrected chi connectivity index (χ0v) is 23.4. The van der Waals surface area contributed by atoms with Crippen molar-refractivity contribution in [3.8, 4) is 11.5 Å². The van der Waals surface area contributed by atoms with Crippen LogP contribution in [0.5, 0.6) is 11.5 Å². The van der Waals surface area contributed by atoms with Gasteiger partial charge in [-0.25, -0.2) is 0 Å². The molecule has 1 saturated heterocycles. The molecule has 0 radical (unpaired) electrons. The summed E-state index contributed by atoms with van der Waals surface area (Å²) >= 11 is 7.84. The average molecular weight is 548 g/mol. The van der Waals surface area contributed by atoms with Crippen molar-refractivity contribution in [1.82, 2.24) is 15.2 Å². The van der Waals surface area contributed by atoms with Gasteiger partial charge >= 0.3 is 0 Å². The number of aromatic amines is 1. The van der Waals surface area contributed by atoms with Crippen molar-refractivity contribution >= 4 is 29.3 Å². The number of nitrogens with one attached hydrogen (secondary N) is 2. The van der Waals surface area contributed by atoms with E-state index in [2.05, 4.69) is 15.2 Å². The lowest BCUT2D eigenvalue weighted by atomic mass is 9.83. The van der Waals surface area contributed by atoms with Crippen molar-refractivity contribution < 1.29 is 17.0 Å². The lowest BCUT2D eigenvalue weighted by Crippen LogP contribution is -2.49. The van der Waals surface area contributed by atoms with Crippen LogP contribution in [0.25, 0.3) is 0 Å². The van der Waals surface area contributed by atoms with Gasteiger partial charge in [0.2, 0.25) is 0 Å². The number of rotatable bonds is 7. The predicted octanol–water partition coefficient (Wildman–Crippen LogP) is 5.30. The Morgan fingerprint density at radius 1 is 1.24 bits per heavy atom. The number of aryl methyl sites for hydroxylation is 1. The number of amides is 1. The van der Waals surface area contributed by atoms with Crippen molar-refractivity contribution in [1.29, 1.82) is 0 Å². The van der Waals surface area contributed by atoms with Gasteiger partial charge in [0.25, 0.3) is 17.3 Å². The molecular weight excluding hydrogens is 510 g/mol. The minimum Gasteiger partial charge on any atom is -0.448 e. The van der Waals surface area contributed by atoms with Crippen LogP contribution < -0.4 is 20.3 Å². The number of piperidine rings is 1. The third-order valence-corrected chi connectivity index (χ3v) is 9.06. The monoisotopic (exact) mass is 547 g/mol. The quantitative estimate of drug-likeness (QED) is 0.458. The van der Waals surface area contributed by atoms with Gasteiger partial charge in [0.05, 0.1) is 7.76 Å². The smallest absolute Gasteiger partial charge is 0.254 e. The molecular formula is C28H36ClN3O4S.